The summed E-state index contributed by atoms with van der Waals surface area (Å²) in [6, 6.07) is 1.70. The van der Waals surface area contributed by atoms with E-state index in [1.807, 2.05) is 14.1 Å². The van der Waals surface area contributed by atoms with E-state index in [-0.39, 0.29) is 18.1 Å². The summed E-state index contributed by atoms with van der Waals surface area (Å²) >= 11 is 0. The molecular formula is C16H23N3O2. The Kier molecular flexibility index (Phi) is 6.35. The van der Waals surface area contributed by atoms with Crippen LogP contribution in [0.4, 0.5) is 0 Å². The zero-order valence-corrected chi connectivity index (χ0v) is 13.1. The van der Waals surface area contributed by atoms with Gasteiger partial charge < -0.3 is 15.3 Å². The minimum Gasteiger partial charge on any atom is -0.395 e. The molecule has 0 aliphatic rings. The largest absolute Gasteiger partial charge is 0.395 e. The average molecular weight is 289 g/mol. The highest BCUT2D eigenvalue weighted by atomic mass is 16.2. The van der Waals surface area contributed by atoms with E-state index >= 15 is 0 Å². The second kappa shape index (κ2) is 7.77. The van der Waals surface area contributed by atoms with Gasteiger partial charge in [-0.15, -0.1) is 0 Å². The Hall–Kier alpha value is -1.90. The molecule has 0 radical (unpaired) electrons. The standard InChI is InChI=1S/C16H23N3O2/c1-16(2,19(3)4)12-18-15(21)14-9-13(10-17-11-14)7-5-6-8-20/h9-11,20H,6,8,12H2,1-4H3,(H,18,21). The van der Waals surface area contributed by atoms with Crippen molar-refractivity contribution in [1.82, 2.24) is 15.2 Å². The van der Waals surface area contributed by atoms with Gasteiger partial charge in [-0.3, -0.25) is 9.78 Å². The number of hydrogen-bond acceptors (Lipinski definition) is 4. The van der Waals surface area contributed by atoms with Gasteiger partial charge >= 0.3 is 0 Å². The van der Waals surface area contributed by atoms with Gasteiger partial charge in [0.05, 0.1) is 12.2 Å². The first-order valence-corrected chi connectivity index (χ1v) is 6.87. The second-order valence-corrected chi connectivity index (χ2v) is 5.63. The van der Waals surface area contributed by atoms with Gasteiger partial charge in [-0.2, -0.15) is 0 Å². The molecule has 21 heavy (non-hydrogen) atoms. The van der Waals surface area contributed by atoms with Gasteiger partial charge in [0.1, 0.15) is 0 Å². The van der Waals surface area contributed by atoms with Crippen LogP contribution in [-0.2, 0) is 0 Å². The van der Waals surface area contributed by atoms with Crippen LogP contribution in [0.3, 0.4) is 0 Å². The lowest BCUT2D eigenvalue weighted by Crippen LogP contribution is -2.48. The number of rotatable bonds is 5. The zero-order valence-electron chi connectivity index (χ0n) is 13.1. The van der Waals surface area contributed by atoms with Crippen LogP contribution in [0.15, 0.2) is 18.5 Å². The maximum atomic E-state index is 12.1. The molecule has 1 aromatic heterocycles. The van der Waals surface area contributed by atoms with Gasteiger partial charge in [0.2, 0.25) is 0 Å². The van der Waals surface area contributed by atoms with E-state index in [4.69, 9.17) is 5.11 Å². The van der Waals surface area contributed by atoms with Gasteiger partial charge in [0, 0.05) is 36.5 Å². The highest BCUT2D eigenvalue weighted by molar-refractivity contribution is 5.94. The first kappa shape index (κ1) is 17.2. The Morgan fingerprint density at radius 1 is 1.43 bits per heavy atom. The highest BCUT2D eigenvalue weighted by Crippen LogP contribution is 2.09. The first-order chi connectivity index (χ1) is 9.86. The summed E-state index contributed by atoms with van der Waals surface area (Å²) in [7, 11) is 3.95. The van der Waals surface area contributed by atoms with Crippen LogP contribution in [0.1, 0.15) is 36.2 Å². The Bertz CT molecular complexity index is 542. The summed E-state index contributed by atoms with van der Waals surface area (Å²) < 4.78 is 0. The lowest BCUT2D eigenvalue weighted by atomic mass is 10.0. The average Bonchev–Trinajstić information content (AvgIpc) is 2.45. The van der Waals surface area contributed by atoms with Crippen LogP contribution in [-0.4, -0.2) is 53.7 Å². The fraction of sp³-hybridized carbons (Fsp3) is 0.500. The number of aliphatic hydroxyl groups excluding tert-OH is 1. The quantitative estimate of drug-likeness (QED) is 0.790. The molecular weight excluding hydrogens is 266 g/mol. The molecule has 0 aliphatic carbocycles. The fourth-order valence-electron chi connectivity index (χ4n) is 1.41. The fourth-order valence-corrected chi connectivity index (χ4v) is 1.41. The van der Waals surface area contributed by atoms with E-state index in [1.165, 1.54) is 6.20 Å². The SMILES string of the molecule is CN(C)C(C)(C)CNC(=O)c1cncc(C#CCCO)c1. The van der Waals surface area contributed by atoms with Crippen molar-refractivity contribution in [3.8, 4) is 11.8 Å². The van der Waals surface area contributed by atoms with Crippen molar-refractivity contribution >= 4 is 5.91 Å². The van der Waals surface area contributed by atoms with Crippen molar-refractivity contribution in [2.45, 2.75) is 25.8 Å². The zero-order chi connectivity index (χ0) is 15.9. The number of nitrogens with one attached hydrogen (secondary N) is 1. The monoisotopic (exact) mass is 289 g/mol. The molecule has 2 N–H and O–H groups in total. The molecule has 0 aromatic carbocycles. The minimum absolute atomic E-state index is 0.0280. The Labute approximate surface area is 126 Å². The van der Waals surface area contributed by atoms with Crippen molar-refractivity contribution in [2.24, 2.45) is 0 Å². The number of nitrogens with zero attached hydrogens (tertiary/aromatic N) is 2. The number of carbonyl (C=O) groups is 1. The van der Waals surface area contributed by atoms with Gasteiger partial charge in [-0.25, -0.2) is 0 Å². The molecule has 5 heteroatoms. The van der Waals surface area contributed by atoms with E-state index in [1.54, 1.807) is 12.3 Å². The van der Waals surface area contributed by atoms with Crippen LogP contribution >= 0.6 is 0 Å². The van der Waals surface area contributed by atoms with Crippen LogP contribution in [0, 0.1) is 11.8 Å². The topological polar surface area (TPSA) is 65.5 Å². The first-order valence-electron chi connectivity index (χ1n) is 6.87. The van der Waals surface area contributed by atoms with E-state index in [0.29, 0.717) is 24.1 Å². The van der Waals surface area contributed by atoms with Crippen LogP contribution < -0.4 is 5.32 Å². The van der Waals surface area contributed by atoms with E-state index in [2.05, 4.69) is 40.9 Å². The molecule has 1 aromatic rings. The van der Waals surface area contributed by atoms with E-state index in [0.717, 1.165) is 0 Å². The second-order valence-electron chi connectivity index (χ2n) is 5.63. The van der Waals surface area contributed by atoms with E-state index in [9.17, 15) is 4.79 Å². The molecule has 0 saturated heterocycles. The molecule has 1 amide bonds. The number of aromatic nitrogens is 1. The third-order valence-electron chi connectivity index (χ3n) is 3.36. The van der Waals surface area contributed by atoms with Crippen molar-refractivity contribution < 1.29 is 9.90 Å². The third kappa shape index (κ3) is 5.54. The predicted molar refractivity (Wildman–Crippen MR) is 82.9 cm³/mol. The van der Waals surface area contributed by atoms with Crippen molar-refractivity contribution in [1.29, 1.82) is 0 Å². The molecule has 0 saturated carbocycles. The molecule has 0 unspecified atom stereocenters. The Morgan fingerprint density at radius 2 is 2.14 bits per heavy atom. The molecule has 0 bridgehead atoms. The van der Waals surface area contributed by atoms with Gasteiger partial charge in [-0.1, -0.05) is 11.8 Å². The summed E-state index contributed by atoms with van der Waals surface area (Å²) in [5.74, 6) is 5.52. The molecule has 0 aliphatic heterocycles. The summed E-state index contributed by atoms with van der Waals surface area (Å²) in [6.07, 6.45) is 3.54. The number of amides is 1. The van der Waals surface area contributed by atoms with Gasteiger partial charge in [0.15, 0.2) is 0 Å². The molecule has 114 valence electrons. The number of likely N-dealkylation sites (N-methyl/N-ethyl adjacent to an activating group) is 1. The maximum Gasteiger partial charge on any atom is 0.252 e. The van der Waals surface area contributed by atoms with Crippen molar-refractivity contribution in [2.75, 3.05) is 27.2 Å². The van der Waals surface area contributed by atoms with Crippen molar-refractivity contribution in [3.63, 3.8) is 0 Å². The Morgan fingerprint density at radius 3 is 2.76 bits per heavy atom. The molecule has 5 nitrogen and oxygen atoms in total. The summed E-state index contributed by atoms with van der Waals surface area (Å²) in [4.78, 5) is 18.2. The third-order valence-corrected chi connectivity index (χ3v) is 3.36. The maximum absolute atomic E-state index is 12.1. The molecule has 0 fully saturated rings. The summed E-state index contributed by atoms with van der Waals surface area (Å²) in [6.45, 7) is 4.68. The number of hydrogen-bond donors (Lipinski definition) is 2. The number of aliphatic hydroxyl groups is 1. The summed E-state index contributed by atoms with van der Waals surface area (Å²) in [5.41, 5.74) is 1.03. The van der Waals surface area contributed by atoms with Crippen LogP contribution in [0.2, 0.25) is 0 Å². The molecule has 0 spiro atoms. The van der Waals surface area contributed by atoms with Crippen LogP contribution in [0.5, 0.6) is 0 Å². The number of pyridine rings is 1. The summed E-state index contributed by atoms with van der Waals surface area (Å²) in [5, 5.41) is 11.6. The van der Waals surface area contributed by atoms with Crippen LogP contribution in [0.25, 0.3) is 0 Å². The smallest absolute Gasteiger partial charge is 0.252 e. The lowest BCUT2D eigenvalue weighted by Gasteiger charge is -2.32. The van der Waals surface area contributed by atoms with Crippen molar-refractivity contribution in [3.05, 3.63) is 29.6 Å². The molecule has 1 rings (SSSR count). The van der Waals surface area contributed by atoms with Gasteiger partial charge in [0.25, 0.3) is 5.91 Å². The predicted octanol–water partition coefficient (Wildman–Crippen LogP) is 0.885. The van der Waals surface area contributed by atoms with Gasteiger partial charge in [-0.05, 0) is 34.0 Å². The molecule has 1 heterocycles. The normalized spacial score (nSPS) is 11.0. The van der Waals surface area contributed by atoms with E-state index < -0.39 is 0 Å². The Balaban J connectivity index is 2.71. The molecule has 0 atom stereocenters. The lowest BCUT2D eigenvalue weighted by molar-refractivity contribution is 0.0919. The highest BCUT2D eigenvalue weighted by Gasteiger charge is 2.21. The number of carbonyl (C=O) groups excluding carboxylic acids is 1. The minimum atomic E-state index is -0.164.